The number of rotatable bonds is 8. The van der Waals surface area contributed by atoms with Gasteiger partial charge in [-0.3, -0.25) is 4.79 Å². The van der Waals surface area contributed by atoms with Crippen LogP contribution in [0.2, 0.25) is 0 Å². The van der Waals surface area contributed by atoms with Crippen LogP contribution in [0.15, 0.2) is 29.8 Å². The van der Waals surface area contributed by atoms with Gasteiger partial charge in [-0.2, -0.15) is 0 Å². The minimum absolute atomic E-state index is 0.0285. The van der Waals surface area contributed by atoms with E-state index >= 15 is 0 Å². The van der Waals surface area contributed by atoms with E-state index < -0.39 is 0 Å². The predicted molar refractivity (Wildman–Crippen MR) is 85.9 cm³/mol. The largest absolute Gasteiger partial charge is 0.356 e. The third-order valence-corrected chi connectivity index (χ3v) is 3.70. The van der Waals surface area contributed by atoms with Crippen molar-refractivity contribution < 1.29 is 4.79 Å². The molecule has 0 aliphatic heterocycles. The van der Waals surface area contributed by atoms with Crippen molar-refractivity contribution in [1.82, 2.24) is 15.3 Å². The monoisotopic (exact) mass is 304 g/mol. The second-order valence-corrected chi connectivity index (χ2v) is 5.58. The lowest BCUT2D eigenvalue weighted by atomic mass is 10.2. The van der Waals surface area contributed by atoms with Crippen LogP contribution >= 0.6 is 11.3 Å². The standard InChI is InChI=1S/C15H20N4OS/c1-2-3-5-9-17-14(20)10-12-11-21-15(18-12)19-13-7-4-6-8-16-13/h4,6-8,11H,2-3,5,9-10H2,1H3,(H,17,20)(H,16,18,19). The summed E-state index contributed by atoms with van der Waals surface area (Å²) in [4.78, 5) is 20.3. The van der Waals surface area contributed by atoms with E-state index in [1.807, 2.05) is 23.6 Å². The number of pyridine rings is 1. The summed E-state index contributed by atoms with van der Waals surface area (Å²) in [6, 6.07) is 5.65. The summed E-state index contributed by atoms with van der Waals surface area (Å²) in [6.45, 7) is 2.89. The molecule has 112 valence electrons. The fraction of sp³-hybridized carbons (Fsp3) is 0.400. The summed E-state index contributed by atoms with van der Waals surface area (Å²) < 4.78 is 0. The Morgan fingerprint density at radius 3 is 3.00 bits per heavy atom. The maximum atomic E-state index is 11.8. The minimum atomic E-state index is 0.0285. The smallest absolute Gasteiger partial charge is 0.226 e. The average Bonchev–Trinajstić information content (AvgIpc) is 2.92. The molecule has 0 radical (unpaired) electrons. The fourth-order valence-corrected chi connectivity index (χ4v) is 2.54. The molecule has 5 nitrogen and oxygen atoms in total. The predicted octanol–water partition coefficient (Wildman–Crippen LogP) is 3.13. The quantitative estimate of drug-likeness (QED) is 0.735. The summed E-state index contributed by atoms with van der Waals surface area (Å²) >= 11 is 1.48. The summed E-state index contributed by atoms with van der Waals surface area (Å²) in [6.07, 6.45) is 5.39. The van der Waals surface area contributed by atoms with Gasteiger partial charge in [0.05, 0.1) is 12.1 Å². The first kappa shape index (κ1) is 15.4. The Kier molecular flexibility index (Phi) is 6.15. The minimum Gasteiger partial charge on any atom is -0.356 e. The Bertz CT molecular complexity index is 556. The second-order valence-electron chi connectivity index (χ2n) is 4.72. The van der Waals surface area contributed by atoms with Crippen LogP contribution in [0.3, 0.4) is 0 Å². The van der Waals surface area contributed by atoms with Crippen LogP contribution < -0.4 is 10.6 Å². The molecule has 21 heavy (non-hydrogen) atoms. The number of unbranched alkanes of at least 4 members (excludes halogenated alkanes) is 2. The van der Waals surface area contributed by atoms with Crippen LogP contribution in [0, 0.1) is 0 Å². The highest BCUT2D eigenvalue weighted by molar-refractivity contribution is 7.13. The van der Waals surface area contributed by atoms with Crippen molar-refractivity contribution in [2.75, 3.05) is 11.9 Å². The Hall–Kier alpha value is -1.95. The highest BCUT2D eigenvalue weighted by Crippen LogP contribution is 2.19. The molecule has 6 heteroatoms. The number of nitrogens with zero attached hydrogens (tertiary/aromatic N) is 2. The van der Waals surface area contributed by atoms with Gasteiger partial charge >= 0.3 is 0 Å². The summed E-state index contributed by atoms with van der Waals surface area (Å²) in [7, 11) is 0. The number of hydrogen-bond acceptors (Lipinski definition) is 5. The van der Waals surface area contributed by atoms with E-state index in [1.54, 1.807) is 6.20 Å². The zero-order valence-corrected chi connectivity index (χ0v) is 12.9. The number of aromatic nitrogens is 2. The first-order valence-electron chi connectivity index (χ1n) is 7.17. The van der Waals surface area contributed by atoms with Crippen LogP contribution in [0.4, 0.5) is 10.9 Å². The SMILES string of the molecule is CCCCCNC(=O)Cc1csc(Nc2ccccn2)n1. The van der Waals surface area contributed by atoms with Gasteiger partial charge in [-0.15, -0.1) is 11.3 Å². The van der Waals surface area contributed by atoms with Crippen molar-refractivity contribution in [3.05, 3.63) is 35.5 Å². The highest BCUT2D eigenvalue weighted by Gasteiger charge is 2.07. The van der Waals surface area contributed by atoms with Crippen molar-refractivity contribution >= 4 is 28.2 Å². The van der Waals surface area contributed by atoms with Crippen molar-refractivity contribution in [1.29, 1.82) is 0 Å². The molecule has 0 atom stereocenters. The van der Waals surface area contributed by atoms with Crippen LogP contribution in [-0.2, 0) is 11.2 Å². The Balaban J connectivity index is 1.79. The van der Waals surface area contributed by atoms with E-state index in [1.165, 1.54) is 11.3 Å². The summed E-state index contributed by atoms with van der Waals surface area (Å²) in [5.41, 5.74) is 0.784. The molecule has 0 aromatic carbocycles. The van der Waals surface area contributed by atoms with Crippen LogP contribution in [0.5, 0.6) is 0 Å². The lowest BCUT2D eigenvalue weighted by Crippen LogP contribution is -2.26. The Labute approximate surface area is 128 Å². The lowest BCUT2D eigenvalue weighted by Gasteiger charge is -2.03. The number of hydrogen-bond donors (Lipinski definition) is 2. The second kappa shape index (κ2) is 8.36. The van der Waals surface area contributed by atoms with Crippen molar-refractivity contribution in [3.8, 4) is 0 Å². The molecule has 0 fully saturated rings. The number of carbonyl (C=O) groups excluding carboxylic acids is 1. The number of thiazole rings is 1. The van der Waals surface area contributed by atoms with E-state index in [2.05, 4.69) is 27.5 Å². The zero-order valence-electron chi connectivity index (χ0n) is 12.1. The first-order chi connectivity index (χ1) is 10.3. The Morgan fingerprint density at radius 2 is 2.24 bits per heavy atom. The number of carbonyl (C=O) groups is 1. The third-order valence-electron chi connectivity index (χ3n) is 2.90. The number of anilines is 2. The van der Waals surface area contributed by atoms with Gasteiger partial charge in [-0.05, 0) is 18.6 Å². The molecular weight excluding hydrogens is 284 g/mol. The number of amides is 1. The molecule has 0 spiro atoms. The molecule has 0 saturated heterocycles. The molecule has 1 amide bonds. The van der Waals surface area contributed by atoms with Crippen LogP contribution in [0.25, 0.3) is 0 Å². The molecule has 2 rings (SSSR count). The normalized spacial score (nSPS) is 10.3. The van der Waals surface area contributed by atoms with Gasteiger partial charge in [0, 0.05) is 18.1 Å². The van der Waals surface area contributed by atoms with E-state index in [0.29, 0.717) is 6.42 Å². The van der Waals surface area contributed by atoms with Gasteiger partial charge in [0.1, 0.15) is 5.82 Å². The van der Waals surface area contributed by atoms with Gasteiger partial charge in [0.25, 0.3) is 0 Å². The molecule has 0 unspecified atom stereocenters. The molecule has 0 bridgehead atoms. The molecular formula is C15H20N4OS. The third kappa shape index (κ3) is 5.51. The summed E-state index contributed by atoms with van der Waals surface area (Å²) in [5.74, 6) is 0.781. The zero-order chi connectivity index (χ0) is 14.9. The van der Waals surface area contributed by atoms with Crippen molar-refractivity contribution in [3.63, 3.8) is 0 Å². The molecule has 2 N–H and O–H groups in total. The fourth-order valence-electron chi connectivity index (χ4n) is 1.82. The van der Waals surface area contributed by atoms with Crippen molar-refractivity contribution in [2.45, 2.75) is 32.6 Å². The average molecular weight is 304 g/mol. The molecule has 2 heterocycles. The van der Waals surface area contributed by atoms with Gasteiger partial charge in [0.15, 0.2) is 5.13 Å². The molecule has 2 aromatic rings. The molecule has 2 aromatic heterocycles. The van der Waals surface area contributed by atoms with Gasteiger partial charge in [0.2, 0.25) is 5.91 Å². The van der Waals surface area contributed by atoms with E-state index in [0.717, 1.165) is 42.5 Å². The topological polar surface area (TPSA) is 66.9 Å². The maximum absolute atomic E-state index is 11.8. The molecule has 0 aliphatic carbocycles. The van der Waals surface area contributed by atoms with Crippen molar-refractivity contribution in [2.24, 2.45) is 0 Å². The van der Waals surface area contributed by atoms with Gasteiger partial charge in [-0.25, -0.2) is 9.97 Å². The van der Waals surface area contributed by atoms with E-state index in [9.17, 15) is 4.79 Å². The van der Waals surface area contributed by atoms with Crippen LogP contribution in [0.1, 0.15) is 31.9 Å². The van der Waals surface area contributed by atoms with Gasteiger partial charge in [-0.1, -0.05) is 25.8 Å². The maximum Gasteiger partial charge on any atom is 0.226 e. The van der Waals surface area contributed by atoms with Gasteiger partial charge < -0.3 is 10.6 Å². The highest BCUT2D eigenvalue weighted by atomic mass is 32.1. The summed E-state index contributed by atoms with van der Waals surface area (Å²) in [5, 5.41) is 8.69. The lowest BCUT2D eigenvalue weighted by molar-refractivity contribution is -0.120. The Morgan fingerprint density at radius 1 is 1.33 bits per heavy atom. The number of nitrogens with one attached hydrogen (secondary N) is 2. The van der Waals surface area contributed by atoms with E-state index in [-0.39, 0.29) is 5.91 Å². The molecule has 0 aliphatic rings. The van der Waals surface area contributed by atoms with E-state index in [4.69, 9.17) is 0 Å². The first-order valence-corrected chi connectivity index (χ1v) is 8.05. The van der Waals surface area contributed by atoms with Crippen LogP contribution in [-0.4, -0.2) is 22.4 Å². The molecule has 0 saturated carbocycles.